The van der Waals surface area contributed by atoms with E-state index in [1.807, 2.05) is 6.07 Å². The molecular weight excluding hydrogens is 328 g/mol. The van der Waals surface area contributed by atoms with E-state index in [0.717, 1.165) is 49.3 Å². The molecule has 1 aromatic rings. The summed E-state index contributed by atoms with van der Waals surface area (Å²) < 4.78 is 5.18. The fraction of sp³-hybridized carbons (Fsp3) is 0.571. The van der Waals surface area contributed by atoms with E-state index in [-0.39, 0.29) is 22.9 Å². The number of esters is 1. The van der Waals surface area contributed by atoms with Gasteiger partial charge in [0.15, 0.2) is 0 Å². The second-order valence-electron chi connectivity index (χ2n) is 8.39. The fourth-order valence-corrected chi connectivity index (χ4v) is 6.54. The molecule has 2 N–H and O–H groups in total. The lowest BCUT2D eigenvalue weighted by molar-refractivity contribution is -0.138. The number of methoxy groups -OCH3 is 1. The molecule has 1 aliphatic carbocycles. The van der Waals surface area contributed by atoms with Gasteiger partial charge in [-0.15, -0.1) is 0 Å². The van der Waals surface area contributed by atoms with Gasteiger partial charge in [-0.3, -0.25) is 4.90 Å². The number of aliphatic hydroxyl groups is 1. The average molecular weight is 354 g/mol. The van der Waals surface area contributed by atoms with Crippen LogP contribution >= 0.6 is 0 Å². The van der Waals surface area contributed by atoms with Crippen molar-refractivity contribution in [2.45, 2.75) is 50.2 Å². The number of hydrogen-bond acceptors (Lipinski definition) is 5. The maximum absolute atomic E-state index is 12.8. The van der Waals surface area contributed by atoms with Crippen LogP contribution in [0.5, 0.6) is 0 Å². The first-order valence-corrected chi connectivity index (χ1v) is 9.66. The van der Waals surface area contributed by atoms with E-state index in [0.29, 0.717) is 12.5 Å². The lowest BCUT2D eigenvalue weighted by atomic mass is 9.53. The summed E-state index contributed by atoms with van der Waals surface area (Å²) in [5.41, 5.74) is 3.97. The number of ether oxygens (including phenoxy) is 1. The molecule has 3 heterocycles. The molecule has 3 aliphatic heterocycles. The lowest BCUT2D eigenvalue weighted by Gasteiger charge is -2.56. The molecule has 2 saturated heterocycles. The van der Waals surface area contributed by atoms with Crippen molar-refractivity contribution in [3.63, 3.8) is 0 Å². The second kappa shape index (κ2) is 5.33. The highest BCUT2D eigenvalue weighted by molar-refractivity contribution is 5.93. The summed E-state index contributed by atoms with van der Waals surface area (Å²) in [7, 11) is 1.46. The monoisotopic (exact) mass is 354 g/mol. The third kappa shape index (κ3) is 1.80. The van der Waals surface area contributed by atoms with Crippen LogP contribution in [0.15, 0.2) is 35.5 Å². The summed E-state index contributed by atoms with van der Waals surface area (Å²) in [5.74, 6) is -0.232. The summed E-state index contributed by atoms with van der Waals surface area (Å²) in [6.07, 6.45) is 3.02. The average Bonchev–Trinajstić information content (AvgIpc) is 3.20. The molecule has 0 aromatic heterocycles. The number of rotatable bonds is 2. The molecule has 2 fully saturated rings. The maximum atomic E-state index is 12.8. The first-order valence-electron chi connectivity index (χ1n) is 9.66. The van der Waals surface area contributed by atoms with Gasteiger partial charge in [-0.1, -0.05) is 25.1 Å². The highest BCUT2D eigenvalue weighted by Crippen LogP contribution is 2.65. The molecule has 0 saturated carbocycles. The van der Waals surface area contributed by atoms with E-state index in [9.17, 15) is 9.90 Å². The molecule has 5 nitrogen and oxygen atoms in total. The van der Waals surface area contributed by atoms with Crippen molar-refractivity contribution >= 4 is 11.7 Å². The van der Waals surface area contributed by atoms with Crippen molar-refractivity contribution < 1.29 is 14.6 Å². The van der Waals surface area contributed by atoms with E-state index in [4.69, 9.17) is 4.74 Å². The van der Waals surface area contributed by atoms with Gasteiger partial charge in [-0.25, -0.2) is 4.79 Å². The highest BCUT2D eigenvalue weighted by Gasteiger charge is 2.66. The minimum absolute atomic E-state index is 0.0969. The lowest BCUT2D eigenvalue weighted by Crippen LogP contribution is -2.62. The number of aliphatic hydroxyl groups excluding tert-OH is 1. The van der Waals surface area contributed by atoms with Gasteiger partial charge in [0.25, 0.3) is 0 Å². The number of carbonyl (C=O) groups excluding carboxylic acids is 1. The highest BCUT2D eigenvalue weighted by atomic mass is 16.5. The molecule has 5 rings (SSSR count). The van der Waals surface area contributed by atoms with Crippen molar-refractivity contribution in [2.75, 3.05) is 25.5 Å². The van der Waals surface area contributed by atoms with Gasteiger partial charge in [-0.05, 0) is 49.3 Å². The van der Waals surface area contributed by atoms with Crippen molar-refractivity contribution in [2.24, 2.45) is 5.41 Å². The maximum Gasteiger partial charge on any atom is 0.335 e. The van der Waals surface area contributed by atoms with Crippen molar-refractivity contribution in [1.29, 1.82) is 0 Å². The summed E-state index contributed by atoms with van der Waals surface area (Å²) in [6, 6.07) is 8.78. The Bertz CT molecular complexity index is 819. The van der Waals surface area contributed by atoms with Crippen LogP contribution in [-0.4, -0.2) is 48.3 Å². The first-order chi connectivity index (χ1) is 12.6. The number of nitrogens with zero attached hydrogens (tertiary/aromatic N) is 1. The first kappa shape index (κ1) is 16.3. The molecule has 5 heteroatoms. The zero-order valence-corrected chi connectivity index (χ0v) is 15.4. The molecule has 138 valence electrons. The van der Waals surface area contributed by atoms with Gasteiger partial charge in [0.05, 0.1) is 24.2 Å². The van der Waals surface area contributed by atoms with Gasteiger partial charge < -0.3 is 15.2 Å². The summed E-state index contributed by atoms with van der Waals surface area (Å²) in [6.45, 7) is 3.89. The number of para-hydroxylation sites is 1. The van der Waals surface area contributed by atoms with E-state index >= 15 is 0 Å². The van der Waals surface area contributed by atoms with E-state index in [1.165, 1.54) is 12.7 Å². The second-order valence-corrected chi connectivity index (χ2v) is 8.39. The third-order valence-corrected chi connectivity index (χ3v) is 7.37. The Morgan fingerprint density at radius 2 is 2.23 bits per heavy atom. The number of piperidine rings is 1. The van der Waals surface area contributed by atoms with Crippen LogP contribution in [0.1, 0.15) is 38.2 Å². The zero-order chi connectivity index (χ0) is 18.1. The third-order valence-electron chi connectivity index (χ3n) is 7.37. The number of carbonyl (C=O) groups is 1. The molecule has 0 bridgehead atoms. The quantitative estimate of drug-likeness (QED) is 0.799. The summed E-state index contributed by atoms with van der Waals surface area (Å²) >= 11 is 0. The number of nitrogens with one attached hydrogen (secondary N) is 1. The van der Waals surface area contributed by atoms with E-state index < -0.39 is 0 Å². The standard InChI is InChI=1S/C21H26N2O3/c1-3-20-10-13(24)12-23-9-8-21(19(20)23)15-6-4-5-7-16(15)22-17(21)14(11-20)18(25)26-2/h4-7,13,19,22,24H,3,8-12H2,1-2H3/t13-,19-,20-,21-/m0/s1. The topological polar surface area (TPSA) is 61.8 Å². The predicted molar refractivity (Wildman–Crippen MR) is 98.7 cm³/mol. The van der Waals surface area contributed by atoms with Crippen LogP contribution < -0.4 is 5.32 Å². The SMILES string of the molecule is CC[C@@]12CC(C(=O)OC)=C3Nc4ccccc4[C@@]34CCN(C[C@@H](O)C1)[C@@H]24. The number of benzene rings is 1. The van der Waals surface area contributed by atoms with E-state index in [1.54, 1.807) is 0 Å². The smallest absolute Gasteiger partial charge is 0.335 e. The van der Waals surface area contributed by atoms with Gasteiger partial charge in [0.2, 0.25) is 0 Å². The molecule has 4 atom stereocenters. The minimum Gasteiger partial charge on any atom is -0.466 e. The Morgan fingerprint density at radius 1 is 1.42 bits per heavy atom. The molecule has 4 aliphatic rings. The number of hydrogen-bond donors (Lipinski definition) is 2. The van der Waals surface area contributed by atoms with Crippen LogP contribution in [0.4, 0.5) is 5.69 Å². The zero-order valence-electron chi connectivity index (χ0n) is 15.4. The molecule has 1 spiro atoms. The van der Waals surface area contributed by atoms with Crippen LogP contribution in [0, 0.1) is 5.41 Å². The Labute approximate surface area is 154 Å². The van der Waals surface area contributed by atoms with Crippen LogP contribution in [0.25, 0.3) is 0 Å². The normalized spacial score (nSPS) is 37.7. The Kier molecular flexibility index (Phi) is 3.35. The van der Waals surface area contributed by atoms with Gasteiger partial charge >= 0.3 is 5.97 Å². The molecule has 0 unspecified atom stereocenters. The van der Waals surface area contributed by atoms with Gasteiger partial charge in [0, 0.05) is 24.0 Å². The van der Waals surface area contributed by atoms with Crippen molar-refractivity contribution in [3.05, 3.63) is 41.1 Å². The molecule has 26 heavy (non-hydrogen) atoms. The Morgan fingerprint density at radius 3 is 3.00 bits per heavy atom. The minimum atomic E-state index is -0.327. The van der Waals surface area contributed by atoms with Crippen LogP contribution in [0.3, 0.4) is 0 Å². The van der Waals surface area contributed by atoms with E-state index in [2.05, 4.69) is 35.3 Å². The van der Waals surface area contributed by atoms with Gasteiger partial charge in [0.1, 0.15) is 0 Å². The fourth-order valence-electron chi connectivity index (χ4n) is 6.54. The molecule has 0 radical (unpaired) electrons. The Hall–Kier alpha value is -1.85. The molecule has 1 aromatic carbocycles. The van der Waals surface area contributed by atoms with Crippen LogP contribution in [-0.2, 0) is 14.9 Å². The molecular formula is C21H26N2O3. The summed E-state index contributed by atoms with van der Waals surface area (Å²) in [5, 5.41) is 14.2. The van der Waals surface area contributed by atoms with Crippen molar-refractivity contribution in [1.82, 2.24) is 4.90 Å². The van der Waals surface area contributed by atoms with Crippen molar-refractivity contribution in [3.8, 4) is 0 Å². The predicted octanol–water partition coefficient (Wildman–Crippen LogP) is 2.42. The largest absolute Gasteiger partial charge is 0.466 e. The molecule has 0 amide bonds. The number of anilines is 1. The van der Waals surface area contributed by atoms with Crippen LogP contribution in [0.2, 0.25) is 0 Å². The number of fused-ring (bicyclic) bond motifs is 1. The Balaban J connectivity index is 1.80. The summed E-state index contributed by atoms with van der Waals surface area (Å²) in [4.78, 5) is 15.2. The van der Waals surface area contributed by atoms with Gasteiger partial charge in [-0.2, -0.15) is 0 Å².